The Kier molecular flexibility index (Phi) is 7.24. The average molecular weight is 293 g/mol. The van der Waals surface area contributed by atoms with Crippen molar-refractivity contribution in [3.8, 4) is 0 Å². The Balaban J connectivity index is 1.75. The molecule has 1 aromatic rings. The first kappa shape index (κ1) is 16.5. The lowest BCUT2D eigenvalue weighted by molar-refractivity contribution is 0.00845. The topological polar surface area (TPSA) is 39.1 Å². The van der Waals surface area contributed by atoms with Gasteiger partial charge in [0.25, 0.3) is 0 Å². The molecular formula is C17H31N3O. The molecule has 0 aliphatic carbocycles. The first-order chi connectivity index (χ1) is 10.3. The number of nitrogens with zero attached hydrogens (tertiary/aromatic N) is 2. The van der Waals surface area contributed by atoms with Gasteiger partial charge in [-0.3, -0.25) is 4.68 Å². The van der Waals surface area contributed by atoms with E-state index in [1.807, 2.05) is 17.9 Å². The van der Waals surface area contributed by atoms with E-state index in [9.17, 15) is 0 Å². The first-order valence-electron chi connectivity index (χ1n) is 8.61. The minimum Gasteiger partial charge on any atom is -0.378 e. The molecule has 1 N–H and O–H groups in total. The summed E-state index contributed by atoms with van der Waals surface area (Å²) >= 11 is 0. The van der Waals surface area contributed by atoms with Gasteiger partial charge in [0.05, 0.1) is 6.10 Å². The zero-order valence-electron chi connectivity index (χ0n) is 13.7. The maximum Gasteiger partial charge on any atom is 0.0575 e. The molecule has 0 radical (unpaired) electrons. The Morgan fingerprint density at radius 3 is 3.00 bits per heavy atom. The second-order valence-electron chi connectivity index (χ2n) is 6.20. The predicted octanol–water partition coefficient (Wildman–Crippen LogP) is 3.07. The summed E-state index contributed by atoms with van der Waals surface area (Å²) in [6.07, 6.45) is 12.1. The molecule has 2 rings (SSSR count). The van der Waals surface area contributed by atoms with Crippen LogP contribution in [-0.2, 0) is 18.2 Å². The highest BCUT2D eigenvalue weighted by atomic mass is 16.5. The third kappa shape index (κ3) is 5.79. The molecule has 0 aromatic carbocycles. The molecule has 21 heavy (non-hydrogen) atoms. The molecule has 2 atom stereocenters. The predicted molar refractivity (Wildman–Crippen MR) is 86.4 cm³/mol. The zero-order valence-corrected chi connectivity index (χ0v) is 13.7. The van der Waals surface area contributed by atoms with E-state index in [1.165, 1.54) is 50.6 Å². The summed E-state index contributed by atoms with van der Waals surface area (Å²) in [4.78, 5) is 0. The molecule has 4 nitrogen and oxygen atoms in total. The highest BCUT2D eigenvalue weighted by Gasteiger charge is 2.16. The van der Waals surface area contributed by atoms with Crippen molar-refractivity contribution in [2.45, 2.75) is 70.4 Å². The van der Waals surface area contributed by atoms with E-state index < -0.39 is 0 Å². The van der Waals surface area contributed by atoms with Crippen LogP contribution < -0.4 is 5.32 Å². The van der Waals surface area contributed by atoms with Crippen molar-refractivity contribution < 1.29 is 4.74 Å². The summed E-state index contributed by atoms with van der Waals surface area (Å²) in [7, 11) is 2.03. The second-order valence-corrected chi connectivity index (χ2v) is 6.20. The van der Waals surface area contributed by atoms with Crippen LogP contribution in [0.4, 0.5) is 0 Å². The Morgan fingerprint density at radius 1 is 1.43 bits per heavy atom. The van der Waals surface area contributed by atoms with Gasteiger partial charge in [-0.25, -0.2) is 0 Å². The highest BCUT2D eigenvalue weighted by Crippen LogP contribution is 2.19. The van der Waals surface area contributed by atoms with Gasteiger partial charge in [-0.2, -0.15) is 5.10 Å². The average Bonchev–Trinajstić information content (AvgIpc) is 2.93. The quantitative estimate of drug-likeness (QED) is 0.760. The number of hydrogen-bond acceptors (Lipinski definition) is 3. The first-order valence-corrected chi connectivity index (χ1v) is 8.61. The molecular weight excluding hydrogens is 262 g/mol. The van der Waals surface area contributed by atoms with Crippen molar-refractivity contribution in [1.82, 2.24) is 15.1 Å². The van der Waals surface area contributed by atoms with Crippen molar-refractivity contribution >= 4 is 0 Å². The number of aromatic nitrogens is 2. The Morgan fingerprint density at radius 2 is 2.33 bits per heavy atom. The number of rotatable bonds is 9. The van der Waals surface area contributed by atoms with E-state index in [4.69, 9.17) is 4.74 Å². The monoisotopic (exact) mass is 293 g/mol. The molecule has 1 aliphatic rings. The molecule has 4 heteroatoms. The largest absolute Gasteiger partial charge is 0.378 e. The smallest absolute Gasteiger partial charge is 0.0575 e. The van der Waals surface area contributed by atoms with Crippen LogP contribution in [0.15, 0.2) is 12.3 Å². The van der Waals surface area contributed by atoms with Gasteiger partial charge in [-0.05, 0) is 64.0 Å². The van der Waals surface area contributed by atoms with E-state index in [1.54, 1.807) is 0 Å². The van der Waals surface area contributed by atoms with Crippen LogP contribution in [0.2, 0.25) is 0 Å². The van der Waals surface area contributed by atoms with Crippen LogP contribution in [0.5, 0.6) is 0 Å². The number of ether oxygens (including phenoxy) is 1. The Hall–Kier alpha value is -0.870. The summed E-state index contributed by atoms with van der Waals surface area (Å²) in [5, 5.41) is 7.96. The van der Waals surface area contributed by atoms with Crippen molar-refractivity contribution in [1.29, 1.82) is 0 Å². The van der Waals surface area contributed by atoms with Gasteiger partial charge in [0.1, 0.15) is 0 Å². The van der Waals surface area contributed by atoms with E-state index in [-0.39, 0.29) is 0 Å². The third-order valence-corrected chi connectivity index (χ3v) is 4.47. The van der Waals surface area contributed by atoms with Gasteiger partial charge in [0.15, 0.2) is 0 Å². The minimum absolute atomic E-state index is 0.501. The van der Waals surface area contributed by atoms with E-state index in [2.05, 4.69) is 23.4 Å². The van der Waals surface area contributed by atoms with Crippen LogP contribution in [0, 0.1) is 0 Å². The molecule has 1 fully saturated rings. The zero-order chi connectivity index (χ0) is 14.9. The maximum absolute atomic E-state index is 5.86. The molecule has 1 saturated heterocycles. The van der Waals surface area contributed by atoms with E-state index >= 15 is 0 Å². The van der Waals surface area contributed by atoms with Crippen molar-refractivity contribution in [2.75, 3.05) is 13.2 Å². The lowest BCUT2D eigenvalue weighted by Crippen LogP contribution is -2.32. The van der Waals surface area contributed by atoms with Crippen LogP contribution in [0.3, 0.4) is 0 Å². The highest BCUT2D eigenvalue weighted by molar-refractivity contribution is 5.00. The van der Waals surface area contributed by atoms with Crippen molar-refractivity contribution in [3.63, 3.8) is 0 Å². The van der Waals surface area contributed by atoms with Gasteiger partial charge < -0.3 is 10.1 Å². The molecule has 120 valence electrons. The molecule has 0 saturated carbocycles. The van der Waals surface area contributed by atoms with E-state index in [0.29, 0.717) is 12.1 Å². The lowest BCUT2D eigenvalue weighted by atomic mass is 9.98. The summed E-state index contributed by atoms with van der Waals surface area (Å²) in [5.74, 6) is 0. The van der Waals surface area contributed by atoms with Gasteiger partial charge in [-0.15, -0.1) is 0 Å². The summed E-state index contributed by atoms with van der Waals surface area (Å²) in [5.41, 5.74) is 1.33. The fourth-order valence-corrected chi connectivity index (χ4v) is 3.09. The fraction of sp³-hybridized carbons (Fsp3) is 0.824. The molecule has 0 spiro atoms. The molecule has 1 aliphatic heterocycles. The summed E-state index contributed by atoms with van der Waals surface area (Å²) < 4.78 is 7.85. The Labute approximate surface area is 129 Å². The third-order valence-electron chi connectivity index (χ3n) is 4.47. The molecule has 1 aromatic heterocycles. The lowest BCUT2D eigenvalue weighted by Gasteiger charge is -2.25. The van der Waals surface area contributed by atoms with E-state index in [0.717, 1.165) is 19.6 Å². The van der Waals surface area contributed by atoms with Crippen LogP contribution in [0.25, 0.3) is 0 Å². The standard InChI is InChI=1S/C17H31N3O/c1-3-12-18-15(7-9-16-11-13-19-20(16)2)8-10-17-6-4-5-14-21-17/h11,13,15,17-18H,3-10,12,14H2,1-2H3. The maximum atomic E-state index is 5.86. The van der Waals surface area contributed by atoms with Gasteiger partial charge >= 0.3 is 0 Å². The van der Waals surface area contributed by atoms with Gasteiger partial charge in [-0.1, -0.05) is 6.92 Å². The summed E-state index contributed by atoms with van der Waals surface area (Å²) in [6, 6.07) is 2.73. The molecule has 0 bridgehead atoms. The van der Waals surface area contributed by atoms with Gasteiger partial charge in [0.2, 0.25) is 0 Å². The fourth-order valence-electron chi connectivity index (χ4n) is 3.09. The van der Waals surface area contributed by atoms with Crippen LogP contribution >= 0.6 is 0 Å². The van der Waals surface area contributed by atoms with Crippen molar-refractivity contribution in [3.05, 3.63) is 18.0 Å². The van der Waals surface area contributed by atoms with Crippen molar-refractivity contribution in [2.24, 2.45) is 7.05 Å². The van der Waals surface area contributed by atoms with Gasteiger partial charge in [0, 0.05) is 31.6 Å². The molecule has 0 amide bonds. The SMILES string of the molecule is CCCNC(CCc1ccnn1C)CCC1CCCCO1. The second kappa shape index (κ2) is 9.21. The minimum atomic E-state index is 0.501. The number of hydrogen-bond donors (Lipinski definition) is 1. The molecule has 2 unspecified atom stereocenters. The Bertz CT molecular complexity index is 385. The summed E-state index contributed by atoms with van der Waals surface area (Å²) in [6.45, 7) is 4.31. The number of aryl methyl sites for hydroxylation is 2. The normalized spacial score (nSPS) is 20.6. The van der Waals surface area contributed by atoms with Crippen LogP contribution in [-0.4, -0.2) is 35.1 Å². The van der Waals surface area contributed by atoms with Crippen LogP contribution in [0.1, 0.15) is 57.6 Å². The number of nitrogens with one attached hydrogen (secondary N) is 1. The molecule has 2 heterocycles.